The van der Waals surface area contributed by atoms with Crippen LogP contribution < -0.4 is 5.32 Å². The number of thiazole rings is 1. The molecule has 2 aromatic carbocycles. The van der Waals surface area contributed by atoms with E-state index in [1.165, 1.54) is 41.5 Å². The van der Waals surface area contributed by atoms with Crippen LogP contribution in [0.5, 0.6) is 0 Å². The third kappa shape index (κ3) is 4.31. The van der Waals surface area contributed by atoms with Gasteiger partial charge in [-0.1, -0.05) is 36.4 Å². The third-order valence-electron chi connectivity index (χ3n) is 3.58. The molecule has 5 nitrogen and oxygen atoms in total. The normalized spacial score (nSPS) is 10.4. The number of aromatic nitrogens is 1. The molecule has 0 aliphatic carbocycles. The van der Waals surface area contributed by atoms with Gasteiger partial charge in [-0.3, -0.25) is 9.59 Å². The average Bonchev–Trinajstić information content (AvgIpc) is 3.11. The minimum Gasteiger partial charge on any atom is -0.331 e. The molecule has 26 heavy (non-hydrogen) atoms. The molecule has 0 unspecified atom stereocenters. The van der Waals surface area contributed by atoms with E-state index in [-0.39, 0.29) is 18.1 Å². The van der Waals surface area contributed by atoms with E-state index in [0.29, 0.717) is 5.69 Å². The number of carbonyl (C=O) groups excluding carboxylic acids is 2. The molecule has 0 fully saturated rings. The summed E-state index contributed by atoms with van der Waals surface area (Å²) >= 11 is 1.37. The zero-order chi connectivity index (χ0) is 18.5. The third-order valence-corrected chi connectivity index (χ3v) is 4.47. The second kappa shape index (κ2) is 7.88. The van der Waals surface area contributed by atoms with E-state index in [9.17, 15) is 14.0 Å². The van der Waals surface area contributed by atoms with Gasteiger partial charge in [0.2, 0.25) is 5.91 Å². The number of amides is 2. The van der Waals surface area contributed by atoms with Crippen molar-refractivity contribution in [2.24, 2.45) is 0 Å². The van der Waals surface area contributed by atoms with Gasteiger partial charge < -0.3 is 10.2 Å². The summed E-state index contributed by atoms with van der Waals surface area (Å²) in [6.07, 6.45) is 0. The molecule has 1 aromatic heterocycles. The molecule has 3 rings (SSSR count). The molecule has 0 saturated heterocycles. The van der Waals surface area contributed by atoms with Gasteiger partial charge in [-0.25, -0.2) is 9.37 Å². The quantitative estimate of drug-likeness (QED) is 0.747. The number of rotatable bonds is 5. The van der Waals surface area contributed by atoms with E-state index in [4.69, 9.17) is 0 Å². The second-order valence-electron chi connectivity index (χ2n) is 5.62. The first-order valence-electron chi connectivity index (χ1n) is 7.85. The van der Waals surface area contributed by atoms with Crippen molar-refractivity contribution in [2.45, 2.75) is 0 Å². The van der Waals surface area contributed by atoms with Gasteiger partial charge >= 0.3 is 0 Å². The molecule has 0 aliphatic rings. The number of nitrogens with zero attached hydrogens (tertiary/aromatic N) is 2. The summed E-state index contributed by atoms with van der Waals surface area (Å²) in [5, 5.41) is 4.97. The number of nitrogens with one attached hydrogen (secondary N) is 1. The number of hydrogen-bond donors (Lipinski definition) is 1. The predicted molar refractivity (Wildman–Crippen MR) is 99.5 cm³/mol. The van der Waals surface area contributed by atoms with E-state index in [0.717, 1.165) is 10.6 Å². The molecule has 3 aromatic rings. The molecule has 0 atom stereocenters. The van der Waals surface area contributed by atoms with Crippen molar-refractivity contribution in [3.63, 3.8) is 0 Å². The van der Waals surface area contributed by atoms with Crippen LogP contribution in [-0.4, -0.2) is 35.3 Å². The smallest absolute Gasteiger partial charge is 0.273 e. The molecule has 2 amide bonds. The predicted octanol–water partition coefficient (Wildman–Crippen LogP) is 3.66. The van der Waals surface area contributed by atoms with Crippen LogP contribution in [0.3, 0.4) is 0 Å². The number of carbonyl (C=O) groups is 2. The molecular weight excluding hydrogens is 353 g/mol. The zero-order valence-corrected chi connectivity index (χ0v) is 14.8. The Morgan fingerprint density at radius 2 is 1.92 bits per heavy atom. The Hall–Kier alpha value is -3.06. The topological polar surface area (TPSA) is 62.3 Å². The zero-order valence-electron chi connectivity index (χ0n) is 14.0. The molecule has 7 heteroatoms. The van der Waals surface area contributed by atoms with Gasteiger partial charge in [0.05, 0.1) is 6.54 Å². The van der Waals surface area contributed by atoms with Crippen molar-refractivity contribution < 1.29 is 14.0 Å². The lowest BCUT2D eigenvalue weighted by molar-refractivity contribution is -0.116. The van der Waals surface area contributed by atoms with Gasteiger partial charge in [0, 0.05) is 23.7 Å². The van der Waals surface area contributed by atoms with Gasteiger partial charge in [-0.15, -0.1) is 11.3 Å². The average molecular weight is 369 g/mol. The number of anilines is 1. The first kappa shape index (κ1) is 17.8. The standard InChI is InChI=1S/C19H16FN3O2S/c1-23(11-17(24)21-15-9-5-8-14(20)10-15)19(25)16-12-26-18(22-16)13-6-3-2-4-7-13/h2-10,12H,11H2,1H3,(H,21,24). The van der Waals surface area contributed by atoms with Crippen molar-refractivity contribution in [1.29, 1.82) is 0 Å². The van der Waals surface area contributed by atoms with E-state index >= 15 is 0 Å². The summed E-state index contributed by atoms with van der Waals surface area (Å²) in [6, 6.07) is 15.1. The summed E-state index contributed by atoms with van der Waals surface area (Å²) in [5.74, 6) is -1.20. The molecule has 0 radical (unpaired) electrons. The molecule has 0 spiro atoms. The Morgan fingerprint density at radius 1 is 1.15 bits per heavy atom. The summed E-state index contributed by atoms with van der Waals surface area (Å²) in [5.41, 5.74) is 1.56. The lowest BCUT2D eigenvalue weighted by Crippen LogP contribution is -2.35. The van der Waals surface area contributed by atoms with E-state index in [1.807, 2.05) is 30.3 Å². The molecule has 0 saturated carbocycles. The van der Waals surface area contributed by atoms with Crippen molar-refractivity contribution in [3.05, 3.63) is 71.5 Å². The minimum absolute atomic E-state index is 0.159. The fourth-order valence-electron chi connectivity index (χ4n) is 2.33. The number of benzene rings is 2. The Bertz CT molecular complexity index is 927. The number of likely N-dealkylation sites (N-methyl/N-ethyl adjacent to an activating group) is 1. The summed E-state index contributed by atoms with van der Waals surface area (Å²) in [7, 11) is 1.52. The fourth-order valence-corrected chi connectivity index (χ4v) is 3.13. The minimum atomic E-state index is -0.442. The highest BCUT2D eigenvalue weighted by molar-refractivity contribution is 7.13. The molecule has 132 valence electrons. The Morgan fingerprint density at radius 3 is 2.65 bits per heavy atom. The first-order chi connectivity index (χ1) is 12.5. The SMILES string of the molecule is CN(CC(=O)Nc1cccc(F)c1)C(=O)c1csc(-c2ccccc2)n1. The van der Waals surface area contributed by atoms with E-state index in [1.54, 1.807) is 11.4 Å². The van der Waals surface area contributed by atoms with E-state index in [2.05, 4.69) is 10.3 Å². The van der Waals surface area contributed by atoms with Gasteiger partial charge in [0.25, 0.3) is 5.91 Å². The molecule has 1 N–H and O–H groups in total. The van der Waals surface area contributed by atoms with Crippen molar-refractivity contribution in [1.82, 2.24) is 9.88 Å². The van der Waals surface area contributed by atoms with Gasteiger partial charge in [0.15, 0.2) is 0 Å². The van der Waals surface area contributed by atoms with Crippen LogP contribution in [0.15, 0.2) is 60.0 Å². The molecule has 0 aliphatic heterocycles. The number of hydrogen-bond acceptors (Lipinski definition) is 4. The maximum absolute atomic E-state index is 13.1. The van der Waals surface area contributed by atoms with Gasteiger partial charge in [0.1, 0.15) is 16.5 Å². The maximum atomic E-state index is 13.1. The first-order valence-corrected chi connectivity index (χ1v) is 8.73. The summed E-state index contributed by atoms with van der Waals surface area (Å²) in [6.45, 7) is -0.159. The molecular formula is C19H16FN3O2S. The van der Waals surface area contributed by atoms with Crippen LogP contribution in [0.4, 0.5) is 10.1 Å². The largest absolute Gasteiger partial charge is 0.331 e. The number of halogens is 1. The maximum Gasteiger partial charge on any atom is 0.273 e. The van der Waals surface area contributed by atoms with Crippen LogP contribution in [0.1, 0.15) is 10.5 Å². The van der Waals surface area contributed by atoms with Crippen LogP contribution in [0.2, 0.25) is 0 Å². The summed E-state index contributed by atoms with van der Waals surface area (Å²) < 4.78 is 13.1. The van der Waals surface area contributed by atoms with Gasteiger partial charge in [-0.05, 0) is 18.2 Å². The monoisotopic (exact) mass is 369 g/mol. The van der Waals surface area contributed by atoms with Crippen LogP contribution in [0, 0.1) is 5.82 Å². The van der Waals surface area contributed by atoms with Gasteiger partial charge in [-0.2, -0.15) is 0 Å². The van der Waals surface area contributed by atoms with Crippen LogP contribution >= 0.6 is 11.3 Å². The van der Waals surface area contributed by atoms with Crippen molar-refractivity contribution in [3.8, 4) is 10.6 Å². The van der Waals surface area contributed by atoms with Crippen LogP contribution in [0.25, 0.3) is 10.6 Å². The van der Waals surface area contributed by atoms with E-state index < -0.39 is 11.7 Å². The fraction of sp³-hybridized carbons (Fsp3) is 0.105. The van der Waals surface area contributed by atoms with Crippen molar-refractivity contribution >= 4 is 28.8 Å². The Kier molecular flexibility index (Phi) is 5.38. The molecule has 0 bridgehead atoms. The summed E-state index contributed by atoms with van der Waals surface area (Å²) in [4.78, 5) is 30.1. The Balaban J connectivity index is 1.63. The highest BCUT2D eigenvalue weighted by Gasteiger charge is 2.18. The lowest BCUT2D eigenvalue weighted by Gasteiger charge is -2.15. The highest BCUT2D eigenvalue weighted by Crippen LogP contribution is 2.23. The van der Waals surface area contributed by atoms with Crippen LogP contribution in [-0.2, 0) is 4.79 Å². The Labute approximate surface area is 154 Å². The lowest BCUT2D eigenvalue weighted by atomic mass is 10.2. The molecule has 1 heterocycles. The van der Waals surface area contributed by atoms with Crippen molar-refractivity contribution in [2.75, 3.05) is 18.9 Å². The highest BCUT2D eigenvalue weighted by atomic mass is 32.1. The second-order valence-corrected chi connectivity index (χ2v) is 6.48.